The molecule has 0 aliphatic carbocycles. The summed E-state index contributed by atoms with van der Waals surface area (Å²) in [5.41, 5.74) is 9.51. The fourth-order valence-corrected chi connectivity index (χ4v) is 1.87. The lowest BCUT2D eigenvalue weighted by Crippen LogP contribution is -1.88. The van der Waals surface area contributed by atoms with Crippen molar-refractivity contribution < 1.29 is 0 Å². The number of tetrazole rings is 1. The Bertz CT molecular complexity index is 643. The second-order valence-electron chi connectivity index (χ2n) is 3.90. The molecule has 0 atom stereocenters. The molecule has 3 rings (SSSR count). The van der Waals surface area contributed by atoms with Crippen LogP contribution >= 0.6 is 0 Å². The third kappa shape index (κ3) is 1.82. The third-order valence-corrected chi connectivity index (χ3v) is 2.74. The van der Waals surface area contributed by atoms with Crippen molar-refractivity contribution in [2.45, 2.75) is 0 Å². The molecule has 0 aliphatic rings. The quantitative estimate of drug-likeness (QED) is 0.669. The molecule has 0 saturated heterocycles. The number of nitrogens with one attached hydrogen (secondary N) is 1. The summed E-state index contributed by atoms with van der Waals surface area (Å²) in [7, 11) is 0. The molecule has 3 aromatic rings. The fourth-order valence-electron chi connectivity index (χ4n) is 1.87. The Morgan fingerprint density at radius 3 is 2.28 bits per heavy atom. The van der Waals surface area contributed by atoms with Gasteiger partial charge < -0.3 is 5.73 Å². The van der Waals surface area contributed by atoms with E-state index >= 15 is 0 Å². The number of nitrogen functional groups attached to an aromatic ring is 1. The van der Waals surface area contributed by atoms with Gasteiger partial charge in [-0.1, -0.05) is 36.4 Å². The fraction of sp³-hybridized carbons (Fsp3) is 0. The van der Waals surface area contributed by atoms with Crippen LogP contribution in [0, 0.1) is 0 Å². The van der Waals surface area contributed by atoms with Gasteiger partial charge in [0.15, 0.2) is 0 Å². The summed E-state index contributed by atoms with van der Waals surface area (Å²) in [6.45, 7) is 0. The molecule has 5 heteroatoms. The molecule has 0 spiro atoms. The third-order valence-electron chi connectivity index (χ3n) is 2.74. The zero-order chi connectivity index (χ0) is 12.4. The first kappa shape index (κ1) is 10.5. The van der Waals surface area contributed by atoms with Crippen molar-refractivity contribution in [1.29, 1.82) is 0 Å². The molecular weight excluding hydrogens is 226 g/mol. The van der Waals surface area contributed by atoms with Gasteiger partial charge in [0.25, 0.3) is 0 Å². The number of hydrogen-bond donors (Lipinski definition) is 2. The van der Waals surface area contributed by atoms with Crippen molar-refractivity contribution >= 4 is 5.69 Å². The molecule has 5 nitrogen and oxygen atoms in total. The highest BCUT2D eigenvalue weighted by Crippen LogP contribution is 2.29. The molecule has 0 radical (unpaired) electrons. The van der Waals surface area contributed by atoms with E-state index in [0.29, 0.717) is 5.82 Å². The van der Waals surface area contributed by atoms with Gasteiger partial charge in [-0.15, -0.1) is 10.2 Å². The van der Waals surface area contributed by atoms with Crippen LogP contribution in [0.25, 0.3) is 22.5 Å². The molecule has 0 unspecified atom stereocenters. The maximum absolute atomic E-state index is 5.70. The average molecular weight is 237 g/mol. The minimum absolute atomic E-state index is 0.586. The lowest BCUT2D eigenvalue weighted by atomic mass is 9.99. The van der Waals surface area contributed by atoms with E-state index in [4.69, 9.17) is 5.73 Å². The van der Waals surface area contributed by atoms with Gasteiger partial charge in [0.2, 0.25) is 5.82 Å². The number of hydrogen-bond acceptors (Lipinski definition) is 4. The van der Waals surface area contributed by atoms with Gasteiger partial charge in [0.05, 0.1) is 0 Å². The minimum atomic E-state index is 0.586. The maximum atomic E-state index is 5.70. The van der Waals surface area contributed by atoms with Gasteiger partial charge in [-0.2, -0.15) is 5.21 Å². The highest BCUT2D eigenvalue weighted by Gasteiger charge is 2.09. The second-order valence-corrected chi connectivity index (χ2v) is 3.90. The van der Waals surface area contributed by atoms with Crippen LogP contribution in [0.3, 0.4) is 0 Å². The van der Waals surface area contributed by atoms with Gasteiger partial charge in [-0.3, -0.25) is 0 Å². The predicted octanol–water partition coefficient (Wildman–Crippen LogP) is 2.12. The number of aromatic nitrogens is 4. The molecular formula is C13H11N5. The second kappa shape index (κ2) is 4.29. The summed E-state index contributed by atoms with van der Waals surface area (Å²) in [6.07, 6.45) is 0. The van der Waals surface area contributed by atoms with E-state index in [2.05, 4.69) is 20.6 Å². The van der Waals surface area contributed by atoms with Crippen LogP contribution in [0.2, 0.25) is 0 Å². The Kier molecular flexibility index (Phi) is 2.49. The van der Waals surface area contributed by atoms with E-state index in [1.807, 2.05) is 48.5 Å². The number of aromatic amines is 1. The lowest BCUT2D eigenvalue weighted by Gasteiger charge is -2.06. The highest BCUT2D eigenvalue weighted by atomic mass is 15.5. The van der Waals surface area contributed by atoms with Crippen LogP contribution in [-0.4, -0.2) is 20.6 Å². The number of nitrogens with two attached hydrogens (primary N) is 1. The Morgan fingerprint density at radius 2 is 1.61 bits per heavy atom. The predicted molar refractivity (Wildman–Crippen MR) is 69.5 cm³/mol. The summed E-state index contributed by atoms with van der Waals surface area (Å²) >= 11 is 0. The first-order valence-electron chi connectivity index (χ1n) is 5.53. The highest BCUT2D eigenvalue weighted by molar-refractivity contribution is 5.80. The number of anilines is 1. The van der Waals surface area contributed by atoms with Crippen LogP contribution in [0.15, 0.2) is 48.5 Å². The number of nitrogens with zero attached hydrogens (tertiary/aromatic N) is 3. The molecule has 0 saturated carbocycles. The molecule has 1 aromatic heterocycles. The maximum Gasteiger partial charge on any atom is 0.205 e. The normalized spacial score (nSPS) is 10.4. The Balaban J connectivity index is 2.15. The molecule has 88 valence electrons. The number of rotatable bonds is 2. The Hall–Kier alpha value is -2.69. The summed E-state index contributed by atoms with van der Waals surface area (Å²) < 4.78 is 0. The van der Waals surface area contributed by atoms with Crippen LogP contribution < -0.4 is 5.73 Å². The molecule has 0 fully saturated rings. The van der Waals surface area contributed by atoms with Gasteiger partial charge in [-0.25, -0.2) is 0 Å². The van der Waals surface area contributed by atoms with E-state index < -0.39 is 0 Å². The summed E-state index contributed by atoms with van der Waals surface area (Å²) in [6, 6.07) is 15.6. The van der Waals surface area contributed by atoms with E-state index in [9.17, 15) is 0 Å². The van der Waals surface area contributed by atoms with Crippen molar-refractivity contribution in [3.05, 3.63) is 48.5 Å². The number of H-pyrrole nitrogens is 1. The Morgan fingerprint density at radius 1 is 0.889 bits per heavy atom. The first-order valence-corrected chi connectivity index (χ1v) is 5.53. The van der Waals surface area contributed by atoms with Crippen molar-refractivity contribution in [3.8, 4) is 22.5 Å². The van der Waals surface area contributed by atoms with E-state index in [0.717, 1.165) is 22.4 Å². The first-order chi connectivity index (χ1) is 8.84. The van der Waals surface area contributed by atoms with Crippen molar-refractivity contribution in [3.63, 3.8) is 0 Å². The van der Waals surface area contributed by atoms with E-state index in [1.54, 1.807) is 0 Å². The van der Waals surface area contributed by atoms with E-state index in [1.165, 1.54) is 0 Å². The summed E-state index contributed by atoms with van der Waals surface area (Å²) in [5, 5.41) is 14.1. The lowest BCUT2D eigenvalue weighted by molar-refractivity contribution is 0.881. The monoisotopic (exact) mass is 237 g/mol. The zero-order valence-corrected chi connectivity index (χ0v) is 9.54. The Labute approximate surface area is 104 Å². The topological polar surface area (TPSA) is 80.5 Å². The van der Waals surface area contributed by atoms with Gasteiger partial charge in [0.1, 0.15) is 0 Å². The SMILES string of the molecule is Nc1ccc(-c2ccccc2-c2nn[nH]n2)cc1. The van der Waals surface area contributed by atoms with Crippen molar-refractivity contribution in [2.24, 2.45) is 0 Å². The smallest absolute Gasteiger partial charge is 0.205 e. The largest absolute Gasteiger partial charge is 0.399 e. The van der Waals surface area contributed by atoms with Crippen molar-refractivity contribution in [2.75, 3.05) is 5.73 Å². The van der Waals surface area contributed by atoms with Crippen LogP contribution in [-0.2, 0) is 0 Å². The molecule has 2 aromatic carbocycles. The van der Waals surface area contributed by atoms with Crippen LogP contribution in [0.5, 0.6) is 0 Å². The summed E-state index contributed by atoms with van der Waals surface area (Å²) in [4.78, 5) is 0. The van der Waals surface area contributed by atoms with Crippen molar-refractivity contribution in [1.82, 2.24) is 20.6 Å². The van der Waals surface area contributed by atoms with E-state index in [-0.39, 0.29) is 0 Å². The molecule has 3 N–H and O–H groups in total. The standard InChI is InChI=1S/C13H11N5/c14-10-7-5-9(6-8-10)11-3-1-2-4-12(11)13-15-17-18-16-13/h1-8H,14H2,(H,15,16,17,18). The molecule has 1 heterocycles. The number of benzene rings is 2. The molecule has 0 amide bonds. The summed E-state index contributed by atoms with van der Waals surface area (Å²) in [5.74, 6) is 0.586. The van der Waals surface area contributed by atoms with Gasteiger partial charge >= 0.3 is 0 Å². The average Bonchev–Trinajstić information content (AvgIpc) is 2.93. The molecule has 0 bridgehead atoms. The zero-order valence-electron chi connectivity index (χ0n) is 9.54. The van der Waals surface area contributed by atoms with Gasteiger partial charge in [0, 0.05) is 11.3 Å². The minimum Gasteiger partial charge on any atom is -0.399 e. The van der Waals surface area contributed by atoms with Gasteiger partial charge in [-0.05, 0) is 28.5 Å². The van der Waals surface area contributed by atoms with Crippen LogP contribution in [0.1, 0.15) is 0 Å². The molecule has 18 heavy (non-hydrogen) atoms. The van der Waals surface area contributed by atoms with Crippen LogP contribution in [0.4, 0.5) is 5.69 Å². The molecule has 0 aliphatic heterocycles.